The van der Waals surface area contributed by atoms with Crippen LogP contribution in [0.2, 0.25) is 0 Å². The second-order valence-electron chi connectivity index (χ2n) is 3.56. The molecule has 4 nitrogen and oxygen atoms in total. The number of nitrogens with one attached hydrogen (secondary N) is 1. The largest absolute Gasteiger partial charge is 0.467 e. The minimum absolute atomic E-state index is 0.192. The molecule has 2 atom stereocenters. The van der Waals surface area contributed by atoms with Crippen molar-refractivity contribution < 1.29 is 9.52 Å². The Bertz CT molecular complexity index is 359. The lowest BCUT2D eigenvalue weighted by atomic mass is 10.2. The summed E-state index contributed by atoms with van der Waals surface area (Å²) in [5.74, 6) is 0.587. The zero-order valence-corrected chi connectivity index (χ0v) is 9.78. The lowest BCUT2D eigenvalue weighted by molar-refractivity contribution is 0.144. The molecule has 0 radical (unpaired) electrons. The molecule has 16 heavy (non-hydrogen) atoms. The lowest BCUT2D eigenvalue weighted by Crippen LogP contribution is -2.23. The average molecular weight is 238 g/mol. The van der Waals surface area contributed by atoms with Gasteiger partial charge in [-0.3, -0.25) is 4.98 Å². The summed E-state index contributed by atoms with van der Waals surface area (Å²) in [6.07, 6.45) is 2.79. The summed E-state index contributed by atoms with van der Waals surface area (Å²) in [5, 5.41) is 13.0. The van der Waals surface area contributed by atoms with Crippen LogP contribution in [0.5, 0.6) is 0 Å². The van der Waals surface area contributed by atoms with Crippen LogP contribution in [0.3, 0.4) is 0 Å². The van der Waals surface area contributed by atoms with Crippen LogP contribution in [-0.2, 0) is 0 Å². The van der Waals surface area contributed by atoms with Gasteiger partial charge in [0.15, 0.2) is 0 Å². The van der Waals surface area contributed by atoms with E-state index in [1.807, 2.05) is 13.1 Å². The summed E-state index contributed by atoms with van der Waals surface area (Å²) in [7, 11) is 0. The molecule has 0 bridgehead atoms. The summed E-state index contributed by atoms with van der Waals surface area (Å²) >= 11 is 1.60. The molecule has 2 unspecified atom stereocenters. The molecule has 86 valence electrons. The Labute approximate surface area is 97.9 Å². The van der Waals surface area contributed by atoms with E-state index in [0.29, 0.717) is 12.3 Å². The van der Waals surface area contributed by atoms with E-state index in [0.717, 1.165) is 4.88 Å². The average Bonchev–Trinajstić information content (AvgIpc) is 2.95. The third kappa shape index (κ3) is 2.69. The quantitative estimate of drug-likeness (QED) is 0.837. The molecule has 0 fully saturated rings. The lowest BCUT2D eigenvalue weighted by Gasteiger charge is -2.14. The fourth-order valence-electron chi connectivity index (χ4n) is 1.41. The Morgan fingerprint density at radius 3 is 3.12 bits per heavy atom. The van der Waals surface area contributed by atoms with Gasteiger partial charge in [0.1, 0.15) is 11.9 Å². The van der Waals surface area contributed by atoms with Gasteiger partial charge in [-0.15, -0.1) is 11.3 Å². The summed E-state index contributed by atoms with van der Waals surface area (Å²) in [6, 6.07) is 3.73. The molecule has 0 amide bonds. The van der Waals surface area contributed by atoms with E-state index in [4.69, 9.17) is 4.42 Å². The van der Waals surface area contributed by atoms with Crippen molar-refractivity contribution in [2.75, 3.05) is 6.54 Å². The standard InChI is InChI=1S/C11H14N2O2S/c1-8(11-6-12-7-16-11)13-5-9(14)10-3-2-4-15-10/h2-4,6-9,13-14H,5H2,1H3. The molecule has 0 aliphatic carbocycles. The van der Waals surface area contributed by atoms with Crippen molar-refractivity contribution in [3.63, 3.8) is 0 Å². The monoisotopic (exact) mass is 238 g/mol. The van der Waals surface area contributed by atoms with Crippen molar-refractivity contribution in [2.24, 2.45) is 0 Å². The minimum atomic E-state index is -0.606. The third-order valence-corrected chi connectivity index (χ3v) is 3.33. The van der Waals surface area contributed by atoms with Crippen molar-refractivity contribution >= 4 is 11.3 Å². The van der Waals surface area contributed by atoms with Crippen molar-refractivity contribution in [3.8, 4) is 0 Å². The summed E-state index contributed by atoms with van der Waals surface area (Å²) in [4.78, 5) is 5.18. The molecule has 0 aliphatic rings. The number of aliphatic hydroxyl groups is 1. The molecule has 2 aromatic heterocycles. The maximum absolute atomic E-state index is 9.79. The van der Waals surface area contributed by atoms with Crippen molar-refractivity contribution in [1.29, 1.82) is 0 Å². The molecule has 2 N–H and O–H groups in total. The van der Waals surface area contributed by atoms with Gasteiger partial charge in [-0.05, 0) is 19.1 Å². The van der Waals surface area contributed by atoms with Crippen LogP contribution in [-0.4, -0.2) is 16.6 Å². The number of thiazole rings is 1. The number of aliphatic hydroxyl groups excluding tert-OH is 1. The molecule has 2 rings (SSSR count). The molecule has 5 heteroatoms. The van der Waals surface area contributed by atoms with E-state index < -0.39 is 6.10 Å². The van der Waals surface area contributed by atoms with Crippen LogP contribution < -0.4 is 5.32 Å². The second kappa shape index (κ2) is 5.25. The van der Waals surface area contributed by atoms with E-state index in [-0.39, 0.29) is 6.04 Å². The molecular weight excluding hydrogens is 224 g/mol. The number of hydrogen-bond acceptors (Lipinski definition) is 5. The summed E-state index contributed by atoms with van der Waals surface area (Å²) in [5.41, 5.74) is 1.80. The van der Waals surface area contributed by atoms with E-state index in [9.17, 15) is 5.11 Å². The van der Waals surface area contributed by atoms with Gasteiger partial charge in [-0.25, -0.2) is 0 Å². The smallest absolute Gasteiger partial charge is 0.133 e. The van der Waals surface area contributed by atoms with E-state index >= 15 is 0 Å². The predicted octanol–water partition coefficient (Wildman–Crippen LogP) is 2.12. The number of rotatable bonds is 5. The summed E-state index contributed by atoms with van der Waals surface area (Å²) < 4.78 is 5.12. The molecule has 0 aromatic carbocycles. The van der Waals surface area contributed by atoms with E-state index in [1.165, 1.54) is 0 Å². The van der Waals surface area contributed by atoms with Gasteiger partial charge in [0.2, 0.25) is 0 Å². The van der Waals surface area contributed by atoms with E-state index in [2.05, 4.69) is 10.3 Å². The van der Waals surface area contributed by atoms with Gasteiger partial charge in [-0.2, -0.15) is 0 Å². The Morgan fingerprint density at radius 2 is 2.50 bits per heavy atom. The first-order valence-corrected chi connectivity index (χ1v) is 5.98. The number of furan rings is 1. The van der Waals surface area contributed by atoms with Crippen LogP contribution in [0.15, 0.2) is 34.5 Å². The zero-order valence-electron chi connectivity index (χ0n) is 8.96. The first-order valence-electron chi connectivity index (χ1n) is 5.10. The number of nitrogens with zero attached hydrogens (tertiary/aromatic N) is 1. The first kappa shape index (κ1) is 11.3. The number of aromatic nitrogens is 1. The van der Waals surface area contributed by atoms with Crippen LogP contribution in [0.4, 0.5) is 0 Å². The highest BCUT2D eigenvalue weighted by Gasteiger charge is 2.13. The molecule has 0 aliphatic heterocycles. The first-order chi connectivity index (χ1) is 7.77. The maximum Gasteiger partial charge on any atom is 0.133 e. The Hall–Kier alpha value is -1.17. The highest BCUT2D eigenvalue weighted by atomic mass is 32.1. The maximum atomic E-state index is 9.79. The Kier molecular flexibility index (Phi) is 3.71. The normalized spacial score (nSPS) is 14.9. The van der Waals surface area contributed by atoms with Gasteiger partial charge < -0.3 is 14.8 Å². The van der Waals surface area contributed by atoms with Gasteiger partial charge in [0.05, 0.1) is 11.8 Å². The van der Waals surface area contributed by atoms with Crippen molar-refractivity contribution in [2.45, 2.75) is 19.1 Å². The van der Waals surface area contributed by atoms with Gasteiger partial charge in [0, 0.05) is 23.7 Å². The van der Waals surface area contributed by atoms with E-state index in [1.54, 1.807) is 35.2 Å². The molecule has 0 saturated carbocycles. The van der Waals surface area contributed by atoms with Crippen LogP contribution >= 0.6 is 11.3 Å². The van der Waals surface area contributed by atoms with Crippen LogP contribution in [0, 0.1) is 0 Å². The van der Waals surface area contributed by atoms with Gasteiger partial charge >= 0.3 is 0 Å². The van der Waals surface area contributed by atoms with Crippen molar-refractivity contribution in [1.82, 2.24) is 10.3 Å². The van der Waals surface area contributed by atoms with Gasteiger partial charge in [-0.1, -0.05) is 0 Å². The molecule has 0 saturated heterocycles. The SMILES string of the molecule is CC(NCC(O)c1ccco1)c1cncs1. The zero-order chi connectivity index (χ0) is 11.4. The highest BCUT2D eigenvalue weighted by Crippen LogP contribution is 2.18. The van der Waals surface area contributed by atoms with Crippen LogP contribution in [0.25, 0.3) is 0 Å². The number of hydrogen-bond donors (Lipinski definition) is 2. The molecule has 0 spiro atoms. The third-order valence-electron chi connectivity index (χ3n) is 2.37. The highest BCUT2D eigenvalue weighted by molar-refractivity contribution is 7.09. The molecule has 2 aromatic rings. The molecule has 2 heterocycles. The topological polar surface area (TPSA) is 58.3 Å². The Balaban J connectivity index is 1.84. The van der Waals surface area contributed by atoms with Crippen molar-refractivity contribution in [3.05, 3.63) is 40.7 Å². The van der Waals surface area contributed by atoms with Crippen LogP contribution in [0.1, 0.15) is 29.7 Å². The molecular formula is C11H14N2O2S. The fourth-order valence-corrected chi connectivity index (χ4v) is 2.06. The van der Waals surface area contributed by atoms with Gasteiger partial charge in [0.25, 0.3) is 0 Å². The second-order valence-corrected chi connectivity index (χ2v) is 4.48. The summed E-state index contributed by atoms with van der Waals surface area (Å²) in [6.45, 7) is 2.51. The fraction of sp³-hybridized carbons (Fsp3) is 0.364. The predicted molar refractivity (Wildman–Crippen MR) is 62.2 cm³/mol. The minimum Gasteiger partial charge on any atom is -0.467 e. The Morgan fingerprint density at radius 1 is 1.62 bits per heavy atom.